The molecule has 37 heavy (non-hydrogen) atoms. The molecule has 2 heterocycles. The minimum absolute atomic E-state index is 0.295. The minimum atomic E-state index is -1.36. The van der Waals surface area contributed by atoms with Gasteiger partial charge in [0, 0.05) is 32.5 Å². The summed E-state index contributed by atoms with van der Waals surface area (Å²) in [5.41, 5.74) is 4.93. The summed E-state index contributed by atoms with van der Waals surface area (Å²) in [5, 5.41) is 0. The highest BCUT2D eigenvalue weighted by Gasteiger charge is 2.43. The Kier molecular flexibility index (Phi) is 11.4. The van der Waals surface area contributed by atoms with Crippen LogP contribution in [0.5, 0.6) is 0 Å². The summed E-state index contributed by atoms with van der Waals surface area (Å²) >= 11 is -1.36. The quantitative estimate of drug-likeness (QED) is 0.283. The van der Waals surface area contributed by atoms with E-state index in [-0.39, 0.29) is 11.7 Å². The molecule has 2 aliphatic heterocycles. The fourth-order valence-corrected chi connectivity index (χ4v) is 5.08. The number of hydrogen-bond donors (Lipinski definition) is 1. The van der Waals surface area contributed by atoms with Crippen molar-refractivity contribution in [3.05, 3.63) is 41.2 Å². The van der Waals surface area contributed by atoms with Crippen LogP contribution < -0.4 is 5.48 Å². The van der Waals surface area contributed by atoms with E-state index in [1.54, 1.807) is 25.3 Å². The van der Waals surface area contributed by atoms with Crippen molar-refractivity contribution < 1.29 is 23.3 Å². The van der Waals surface area contributed by atoms with Crippen LogP contribution in [-0.2, 0) is 25.5 Å². The molecule has 204 valence electrons. The Hall–Kier alpha value is -1.93. The zero-order valence-corrected chi connectivity index (χ0v) is 23.3. The molecule has 0 bridgehead atoms. The second kappa shape index (κ2) is 14.3. The van der Waals surface area contributed by atoms with E-state index >= 15 is 0 Å². The third-order valence-corrected chi connectivity index (χ3v) is 8.57. The number of benzene rings is 1. The van der Waals surface area contributed by atoms with Crippen molar-refractivity contribution in [2.75, 3.05) is 53.1 Å². The van der Waals surface area contributed by atoms with Crippen LogP contribution in [0.2, 0.25) is 0 Å². The molecule has 1 saturated heterocycles. The zero-order chi connectivity index (χ0) is 26.8. The van der Waals surface area contributed by atoms with Crippen LogP contribution in [0.15, 0.2) is 24.3 Å². The highest BCUT2D eigenvalue weighted by Crippen LogP contribution is 2.27. The fourth-order valence-electron chi connectivity index (χ4n) is 4.34. The summed E-state index contributed by atoms with van der Waals surface area (Å²) in [6.07, 6.45) is 8.00. The van der Waals surface area contributed by atoms with Crippen LogP contribution in [0.4, 0.5) is 4.39 Å². The number of amides is 1. The molecule has 1 N–H and O–H groups in total. The Bertz CT molecular complexity index is 1000. The Morgan fingerprint density at radius 3 is 2.84 bits per heavy atom. The molecular formula is C28H40FN3O4S. The van der Waals surface area contributed by atoms with Crippen molar-refractivity contribution in [2.24, 2.45) is 0 Å². The van der Waals surface area contributed by atoms with E-state index in [9.17, 15) is 13.7 Å². The molecule has 2 aliphatic rings. The molecule has 3 atom stereocenters. The average Bonchev–Trinajstić information content (AvgIpc) is 2.88. The van der Waals surface area contributed by atoms with Crippen LogP contribution in [-0.4, -0.2) is 84.4 Å². The number of hydrogen-bond acceptors (Lipinski definition) is 6. The summed E-state index contributed by atoms with van der Waals surface area (Å²) < 4.78 is 31.5. The van der Waals surface area contributed by atoms with Crippen LogP contribution in [0.3, 0.4) is 0 Å². The van der Waals surface area contributed by atoms with Crippen molar-refractivity contribution in [3.8, 4) is 11.8 Å². The van der Waals surface area contributed by atoms with Gasteiger partial charge in [-0.15, -0.1) is 0 Å². The summed E-state index contributed by atoms with van der Waals surface area (Å²) in [4.78, 5) is 22.5. The molecule has 0 spiro atoms. The molecule has 1 aromatic carbocycles. The smallest absolute Gasteiger partial charge is 0.299 e. The molecule has 3 unspecified atom stereocenters. The summed E-state index contributed by atoms with van der Waals surface area (Å²) in [6, 6.07) is 5.26. The Morgan fingerprint density at radius 1 is 1.41 bits per heavy atom. The first-order valence-electron chi connectivity index (χ1n) is 12.9. The average molecular weight is 534 g/mol. The number of carbonyl (C=O) groups excluding carboxylic acids is 1. The highest BCUT2D eigenvalue weighted by molar-refractivity contribution is 7.92. The second-order valence-corrected chi connectivity index (χ2v) is 12.0. The summed E-state index contributed by atoms with van der Waals surface area (Å²) in [5.74, 6) is 5.20. The molecular weight excluding hydrogens is 493 g/mol. The van der Waals surface area contributed by atoms with Gasteiger partial charge in [0.05, 0.1) is 18.4 Å². The SMILES string of the molecule is CN(C)CC#Cc1ccc(C2=CCN(CCCC(C)(C(=O)NOC3CCCCO3)[S+](C)[O-])CC2)cc1F. The van der Waals surface area contributed by atoms with E-state index in [0.717, 1.165) is 62.9 Å². The number of nitrogens with one attached hydrogen (secondary N) is 1. The van der Waals surface area contributed by atoms with E-state index in [1.807, 2.05) is 25.1 Å². The number of hydroxylamine groups is 1. The normalized spacial score (nSPS) is 20.9. The van der Waals surface area contributed by atoms with Crippen molar-refractivity contribution in [3.63, 3.8) is 0 Å². The van der Waals surface area contributed by atoms with Gasteiger partial charge in [0.25, 0.3) is 5.91 Å². The van der Waals surface area contributed by atoms with Gasteiger partial charge in [0.1, 0.15) is 5.82 Å². The molecule has 3 rings (SSSR count). The predicted octanol–water partition coefficient (Wildman–Crippen LogP) is 3.32. The van der Waals surface area contributed by atoms with Gasteiger partial charge in [0.2, 0.25) is 4.75 Å². The first kappa shape index (κ1) is 29.6. The molecule has 0 aliphatic carbocycles. The van der Waals surface area contributed by atoms with Gasteiger partial charge < -0.3 is 9.29 Å². The lowest BCUT2D eigenvalue weighted by molar-refractivity contribution is -0.201. The number of halogens is 1. The van der Waals surface area contributed by atoms with Crippen LogP contribution >= 0.6 is 0 Å². The monoisotopic (exact) mass is 533 g/mol. The van der Waals surface area contributed by atoms with Gasteiger partial charge in [-0.25, -0.2) is 14.7 Å². The maximum Gasteiger partial charge on any atom is 0.299 e. The highest BCUT2D eigenvalue weighted by atomic mass is 32.2. The third-order valence-electron chi connectivity index (χ3n) is 6.92. The maximum atomic E-state index is 14.5. The first-order chi connectivity index (χ1) is 17.7. The summed E-state index contributed by atoms with van der Waals surface area (Å²) in [7, 11) is 3.85. The lowest BCUT2D eigenvalue weighted by atomic mass is 9.97. The lowest BCUT2D eigenvalue weighted by Crippen LogP contribution is -2.51. The van der Waals surface area contributed by atoms with Crippen molar-refractivity contribution in [1.82, 2.24) is 15.3 Å². The van der Waals surface area contributed by atoms with E-state index in [2.05, 4.69) is 28.3 Å². The zero-order valence-electron chi connectivity index (χ0n) is 22.5. The summed E-state index contributed by atoms with van der Waals surface area (Å²) in [6.45, 7) is 5.31. The van der Waals surface area contributed by atoms with Gasteiger partial charge in [-0.3, -0.25) is 14.6 Å². The van der Waals surface area contributed by atoms with E-state index in [4.69, 9.17) is 9.57 Å². The Labute approximate surface area is 223 Å². The number of rotatable bonds is 10. The van der Waals surface area contributed by atoms with Crippen molar-refractivity contribution in [2.45, 2.75) is 56.5 Å². The molecule has 0 saturated carbocycles. The van der Waals surface area contributed by atoms with Crippen LogP contribution in [0, 0.1) is 17.7 Å². The van der Waals surface area contributed by atoms with Crippen molar-refractivity contribution in [1.29, 1.82) is 0 Å². The number of carbonyl (C=O) groups is 1. The van der Waals surface area contributed by atoms with Gasteiger partial charge in [0.15, 0.2) is 6.29 Å². The Morgan fingerprint density at radius 2 is 2.22 bits per heavy atom. The predicted molar refractivity (Wildman–Crippen MR) is 145 cm³/mol. The minimum Gasteiger partial charge on any atom is -0.616 e. The molecule has 7 nitrogen and oxygen atoms in total. The van der Waals surface area contributed by atoms with Crippen LogP contribution in [0.1, 0.15) is 56.6 Å². The fraction of sp³-hybridized carbons (Fsp3) is 0.607. The molecule has 0 radical (unpaired) electrons. The largest absolute Gasteiger partial charge is 0.616 e. The van der Waals surface area contributed by atoms with Gasteiger partial charge in [-0.05, 0) is 87.7 Å². The number of ether oxygens (including phenoxy) is 1. The lowest BCUT2D eigenvalue weighted by Gasteiger charge is -2.31. The molecule has 1 fully saturated rings. The van der Waals surface area contributed by atoms with Crippen molar-refractivity contribution >= 4 is 22.7 Å². The molecule has 1 aromatic rings. The van der Waals surface area contributed by atoms with Gasteiger partial charge in [-0.2, -0.15) is 0 Å². The number of nitrogens with zero attached hydrogens (tertiary/aromatic N) is 2. The van der Waals surface area contributed by atoms with Gasteiger partial charge >= 0.3 is 0 Å². The Balaban J connectivity index is 1.48. The van der Waals surface area contributed by atoms with E-state index < -0.39 is 22.2 Å². The molecule has 1 amide bonds. The second-order valence-electron chi connectivity index (χ2n) is 10.1. The maximum absolute atomic E-state index is 14.5. The van der Waals surface area contributed by atoms with Crippen LogP contribution in [0.25, 0.3) is 5.57 Å². The molecule has 0 aromatic heterocycles. The molecule has 9 heteroatoms. The van der Waals surface area contributed by atoms with E-state index in [0.29, 0.717) is 25.1 Å². The van der Waals surface area contributed by atoms with E-state index in [1.165, 1.54) is 0 Å². The third kappa shape index (κ3) is 8.81. The standard InChI is InChI=1S/C28H40FN3O4S/c1-28(37(4)34,27(33)30-36-26-10-5-6-20-35-26)15-8-17-32-18-13-22(14-19-32)24-12-11-23(25(29)21-24)9-7-16-31(2)3/h11-13,21,26H,5-6,8,10,14-20H2,1-4H3,(H,30,33). The first-order valence-corrected chi connectivity index (χ1v) is 14.5. The van der Waals surface area contributed by atoms with Gasteiger partial charge in [-0.1, -0.05) is 24.0 Å². The topological polar surface area (TPSA) is 77.1 Å².